The molecule has 4 rings (SSSR count). The largest absolute Gasteiger partial charge is 0.486 e. The number of rotatable bonds is 1. The van der Waals surface area contributed by atoms with E-state index in [-0.39, 0.29) is 17.1 Å². The molecule has 0 unspecified atom stereocenters. The highest BCUT2D eigenvalue weighted by molar-refractivity contribution is 6.02. The number of piperidine rings is 1. The van der Waals surface area contributed by atoms with Gasteiger partial charge < -0.3 is 9.64 Å². The number of carbonyl (C=O) groups excluding carboxylic acids is 2. The molecule has 1 fully saturated rings. The monoisotopic (exact) mass is 405 g/mol. The average molecular weight is 406 g/mol. The van der Waals surface area contributed by atoms with E-state index in [0.717, 1.165) is 22.3 Å². The molecule has 0 radical (unpaired) electrons. The zero-order chi connectivity index (χ0) is 21.7. The molecule has 0 aliphatic carbocycles. The molecule has 2 aliphatic rings. The number of benzene rings is 2. The topological polar surface area (TPSA) is 46.6 Å². The van der Waals surface area contributed by atoms with E-state index in [0.29, 0.717) is 38.1 Å². The molecular formula is C26H31NO3. The standard InChI is InChI=1S/C26H31NO3/c1-17-14-18(2)23-21(28)16-26(30-22(23)15-17)10-12-27(13-11-26)24(29)19-6-8-20(9-7-19)25(3,4)5/h6-9,14-15H,10-13,16H2,1-5H3. The Bertz CT molecular complexity index is 990. The molecule has 2 aliphatic heterocycles. The van der Waals surface area contributed by atoms with E-state index >= 15 is 0 Å². The predicted molar refractivity (Wildman–Crippen MR) is 119 cm³/mol. The molecule has 4 heteroatoms. The number of ether oxygens (including phenoxy) is 1. The van der Waals surface area contributed by atoms with Crippen molar-refractivity contribution in [1.29, 1.82) is 0 Å². The molecule has 158 valence electrons. The molecule has 1 saturated heterocycles. The van der Waals surface area contributed by atoms with Crippen molar-refractivity contribution < 1.29 is 14.3 Å². The lowest BCUT2D eigenvalue weighted by Gasteiger charge is -2.44. The van der Waals surface area contributed by atoms with E-state index in [1.54, 1.807) is 0 Å². The fourth-order valence-electron chi connectivity index (χ4n) is 4.71. The van der Waals surface area contributed by atoms with Crippen molar-refractivity contribution in [3.05, 3.63) is 64.2 Å². The summed E-state index contributed by atoms with van der Waals surface area (Å²) in [6, 6.07) is 11.9. The minimum Gasteiger partial charge on any atom is -0.486 e. The first-order valence-corrected chi connectivity index (χ1v) is 10.8. The van der Waals surface area contributed by atoms with Crippen LogP contribution < -0.4 is 4.74 Å². The summed E-state index contributed by atoms with van der Waals surface area (Å²) in [6.45, 7) is 11.7. The van der Waals surface area contributed by atoms with Crippen molar-refractivity contribution in [2.75, 3.05) is 13.1 Å². The van der Waals surface area contributed by atoms with Crippen LogP contribution in [0.1, 0.15) is 77.4 Å². The van der Waals surface area contributed by atoms with Gasteiger partial charge in [-0.2, -0.15) is 0 Å². The first-order chi connectivity index (χ1) is 14.1. The molecule has 0 atom stereocenters. The number of carbonyl (C=O) groups is 2. The number of likely N-dealkylation sites (tertiary alicyclic amines) is 1. The van der Waals surface area contributed by atoms with Gasteiger partial charge in [0, 0.05) is 31.5 Å². The van der Waals surface area contributed by atoms with Crippen LogP contribution in [-0.4, -0.2) is 35.3 Å². The summed E-state index contributed by atoms with van der Waals surface area (Å²) in [6.07, 6.45) is 1.75. The maximum absolute atomic E-state index is 13.0. The lowest BCUT2D eigenvalue weighted by Crippen LogP contribution is -2.52. The number of amides is 1. The van der Waals surface area contributed by atoms with Crippen molar-refractivity contribution in [2.24, 2.45) is 0 Å². The van der Waals surface area contributed by atoms with Gasteiger partial charge in [-0.1, -0.05) is 39.0 Å². The van der Waals surface area contributed by atoms with Crippen molar-refractivity contribution in [3.63, 3.8) is 0 Å². The Hall–Kier alpha value is -2.62. The molecule has 2 heterocycles. The zero-order valence-electron chi connectivity index (χ0n) is 18.7. The Morgan fingerprint density at radius 2 is 1.67 bits per heavy atom. The quantitative estimate of drug-likeness (QED) is 0.652. The second-order valence-corrected chi connectivity index (χ2v) is 9.96. The number of fused-ring (bicyclic) bond motifs is 1. The maximum Gasteiger partial charge on any atom is 0.253 e. The van der Waals surface area contributed by atoms with Gasteiger partial charge in [-0.25, -0.2) is 0 Å². The van der Waals surface area contributed by atoms with E-state index in [1.165, 1.54) is 5.56 Å². The fourth-order valence-corrected chi connectivity index (χ4v) is 4.71. The zero-order valence-corrected chi connectivity index (χ0v) is 18.7. The van der Waals surface area contributed by atoms with Crippen LogP contribution in [0.25, 0.3) is 0 Å². The summed E-state index contributed by atoms with van der Waals surface area (Å²) < 4.78 is 6.42. The number of hydrogen-bond donors (Lipinski definition) is 0. The smallest absolute Gasteiger partial charge is 0.253 e. The first-order valence-electron chi connectivity index (χ1n) is 10.8. The summed E-state index contributed by atoms with van der Waals surface area (Å²) >= 11 is 0. The van der Waals surface area contributed by atoms with E-state index in [2.05, 4.69) is 20.8 Å². The van der Waals surface area contributed by atoms with E-state index in [9.17, 15) is 9.59 Å². The third-order valence-electron chi connectivity index (χ3n) is 6.49. The number of nitrogens with zero attached hydrogens (tertiary/aromatic N) is 1. The molecule has 30 heavy (non-hydrogen) atoms. The van der Waals surface area contributed by atoms with Crippen LogP contribution in [-0.2, 0) is 5.41 Å². The van der Waals surface area contributed by atoms with Crippen molar-refractivity contribution in [3.8, 4) is 5.75 Å². The van der Waals surface area contributed by atoms with Gasteiger partial charge in [0.25, 0.3) is 5.91 Å². The fraction of sp³-hybridized carbons (Fsp3) is 0.462. The number of ketones is 1. The van der Waals surface area contributed by atoms with Gasteiger partial charge >= 0.3 is 0 Å². The Balaban J connectivity index is 1.47. The minimum absolute atomic E-state index is 0.0551. The van der Waals surface area contributed by atoms with Crippen LogP contribution >= 0.6 is 0 Å². The highest BCUT2D eigenvalue weighted by Crippen LogP contribution is 2.41. The molecular weight excluding hydrogens is 374 g/mol. The maximum atomic E-state index is 13.0. The Morgan fingerprint density at radius 3 is 2.27 bits per heavy atom. The molecule has 0 N–H and O–H groups in total. The predicted octanol–water partition coefficient (Wildman–Crippen LogP) is 5.24. The molecule has 4 nitrogen and oxygen atoms in total. The number of aryl methyl sites for hydroxylation is 2. The van der Waals surface area contributed by atoms with Gasteiger partial charge in [0.15, 0.2) is 5.78 Å². The van der Waals surface area contributed by atoms with Gasteiger partial charge in [-0.05, 0) is 54.2 Å². The highest BCUT2D eigenvalue weighted by Gasteiger charge is 2.44. The van der Waals surface area contributed by atoms with Crippen LogP contribution in [0.2, 0.25) is 0 Å². The summed E-state index contributed by atoms with van der Waals surface area (Å²) in [5, 5.41) is 0. The van der Waals surface area contributed by atoms with Crippen molar-refractivity contribution in [2.45, 2.75) is 64.9 Å². The van der Waals surface area contributed by atoms with Crippen LogP contribution in [0.3, 0.4) is 0 Å². The van der Waals surface area contributed by atoms with Gasteiger partial charge in [0.05, 0.1) is 12.0 Å². The van der Waals surface area contributed by atoms with Crippen molar-refractivity contribution >= 4 is 11.7 Å². The molecule has 0 aromatic heterocycles. The van der Waals surface area contributed by atoms with E-state index < -0.39 is 5.60 Å². The van der Waals surface area contributed by atoms with Gasteiger partial charge in [-0.15, -0.1) is 0 Å². The lowest BCUT2D eigenvalue weighted by molar-refractivity contribution is -0.00581. The first kappa shape index (κ1) is 20.6. The lowest BCUT2D eigenvalue weighted by atomic mass is 9.81. The van der Waals surface area contributed by atoms with Gasteiger partial charge in [-0.3, -0.25) is 9.59 Å². The second-order valence-electron chi connectivity index (χ2n) is 9.96. The summed E-state index contributed by atoms with van der Waals surface area (Å²) in [4.78, 5) is 27.8. The Kier molecular flexibility index (Phi) is 5.00. The third-order valence-corrected chi connectivity index (χ3v) is 6.49. The molecule has 1 spiro atoms. The van der Waals surface area contributed by atoms with Gasteiger partial charge in [0.1, 0.15) is 11.4 Å². The van der Waals surface area contributed by atoms with Crippen LogP contribution in [0.4, 0.5) is 0 Å². The summed E-state index contributed by atoms with van der Waals surface area (Å²) in [7, 11) is 0. The average Bonchev–Trinajstić information content (AvgIpc) is 2.66. The molecule has 2 aromatic carbocycles. The molecule has 0 bridgehead atoms. The van der Waals surface area contributed by atoms with Crippen molar-refractivity contribution in [1.82, 2.24) is 4.90 Å². The van der Waals surface area contributed by atoms with Crippen LogP contribution in [0.5, 0.6) is 5.75 Å². The highest BCUT2D eigenvalue weighted by atomic mass is 16.5. The second kappa shape index (κ2) is 7.26. The normalized spacial score (nSPS) is 18.2. The molecule has 2 aromatic rings. The van der Waals surface area contributed by atoms with Crippen LogP contribution in [0.15, 0.2) is 36.4 Å². The summed E-state index contributed by atoms with van der Waals surface area (Å²) in [5.41, 5.74) is 4.32. The number of hydrogen-bond acceptors (Lipinski definition) is 3. The SMILES string of the molecule is Cc1cc(C)c2c(c1)OC1(CCN(C(=O)c3ccc(C(C)(C)C)cc3)CC1)CC2=O. The van der Waals surface area contributed by atoms with E-state index in [1.807, 2.05) is 55.1 Å². The molecule has 0 saturated carbocycles. The third kappa shape index (κ3) is 3.76. The molecule has 1 amide bonds. The Labute approximate surface area is 179 Å². The van der Waals surface area contributed by atoms with E-state index in [4.69, 9.17) is 4.74 Å². The van der Waals surface area contributed by atoms with Gasteiger partial charge in [0.2, 0.25) is 0 Å². The number of Topliss-reactive ketones (excluding diaryl/α,β-unsaturated/α-hetero) is 1. The summed E-state index contributed by atoms with van der Waals surface area (Å²) in [5.74, 6) is 0.923. The minimum atomic E-state index is -0.489. The Morgan fingerprint density at radius 1 is 1.03 bits per heavy atom. The van der Waals surface area contributed by atoms with Crippen LogP contribution in [0, 0.1) is 13.8 Å².